The van der Waals surface area contributed by atoms with Crippen LogP contribution in [-0.2, 0) is 15.1 Å². The van der Waals surface area contributed by atoms with Gasteiger partial charge in [-0.1, -0.05) is 19.4 Å². The van der Waals surface area contributed by atoms with Crippen molar-refractivity contribution < 1.29 is 29.0 Å². The number of carboxylic acid groups (broad SMARTS) is 1. The number of aliphatic carboxylic acids is 1. The van der Waals surface area contributed by atoms with Crippen LogP contribution in [0.15, 0.2) is 18.2 Å². The second-order valence-corrected chi connectivity index (χ2v) is 7.13. The van der Waals surface area contributed by atoms with E-state index in [1.807, 2.05) is 0 Å². The van der Waals surface area contributed by atoms with Crippen LogP contribution >= 0.6 is 0 Å². The highest BCUT2D eigenvalue weighted by Gasteiger charge is 2.43. The van der Waals surface area contributed by atoms with Crippen LogP contribution in [0.5, 0.6) is 0 Å². The molecule has 0 aliphatic carbocycles. The molecule has 0 bridgehead atoms. The first-order chi connectivity index (χ1) is 12.0. The van der Waals surface area contributed by atoms with Gasteiger partial charge < -0.3 is 15.2 Å². The average molecular weight is 362 g/mol. The number of carboxylic acids is 1. The highest BCUT2D eigenvalue weighted by atomic mass is 16.6. The van der Waals surface area contributed by atoms with E-state index in [0.29, 0.717) is 6.42 Å². The lowest BCUT2D eigenvalue weighted by Crippen LogP contribution is -2.53. The summed E-state index contributed by atoms with van der Waals surface area (Å²) >= 11 is 0. The van der Waals surface area contributed by atoms with E-state index >= 15 is 0 Å². The van der Waals surface area contributed by atoms with Crippen LogP contribution in [0.2, 0.25) is 0 Å². The molecule has 2 rings (SSSR count). The summed E-state index contributed by atoms with van der Waals surface area (Å²) in [5.74, 6) is -2.41. The first-order valence-corrected chi connectivity index (χ1v) is 8.25. The molecule has 0 aromatic heterocycles. The van der Waals surface area contributed by atoms with Gasteiger partial charge in [-0.2, -0.15) is 0 Å². The number of hydrogen-bond donors (Lipinski definition) is 3. The van der Waals surface area contributed by atoms with E-state index in [0.717, 1.165) is 0 Å². The van der Waals surface area contributed by atoms with Crippen LogP contribution < -0.4 is 10.6 Å². The third-order valence-corrected chi connectivity index (χ3v) is 3.93. The maximum atomic E-state index is 12.2. The van der Waals surface area contributed by atoms with Crippen LogP contribution in [0.1, 0.15) is 66.8 Å². The van der Waals surface area contributed by atoms with Gasteiger partial charge in [0, 0.05) is 0 Å². The minimum absolute atomic E-state index is 0.0793. The monoisotopic (exact) mass is 362 g/mol. The smallest absolute Gasteiger partial charge is 0.408 e. The van der Waals surface area contributed by atoms with E-state index in [-0.39, 0.29) is 23.1 Å². The molecule has 0 spiro atoms. The second-order valence-electron chi connectivity index (χ2n) is 7.13. The Hall–Kier alpha value is -2.90. The van der Waals surface area contributed by atoms with Crippen molar-refractivity contribution in [3.05, 3.63) is 34.9 Å². The van der Waals surface area contributed by atoms with Crippen molar-refractivity contribution in [2.75, 3.05) is 0 Å². The highest BCUT2D eigenvalue weighted by Crippen LogP contribution is 2.31. The van der Waals surface area contributed by atoms with Crippen LogP contribution in [0.3, 0.4) is 0 Å². The third-order valence-electron chi connectivity index (χ3n) is 3.93. The average Bonchev–Trinajstić information content (AvgIpc) is 2.79. The van der Waals surface area contributed by atoms with E-state index < -0.39 is 35.0 Å². The molecule has 1 atom stereocenters. The second kappa shape index (κ2) is 6.78. The number of hydrogen-bond acceptors (Lipinski definition) is 5. The molecule has 1 heterocycles. The normalized spacial score (nSPS) is 15.7. The quantitative estimate of drug-likeness (QED) is 0.690. The molecule has 8 heteroatoms. The van der Waals surface area contributed by atoms with Crippen molar-refractivity contribution in [3.8, 4) is 0 Å². The fourth-order valence-corrected chi connectivity index (χ4v) is 2.85. The van der Waals surface area contributed by atoms with Gasteiger partial charge in [0.15, 0.2) is 5.54 Å². The van der Waals surface area contributed by atoms with E-state index in [2.05, 4.69) is 10.6 Å². The Morgan fingerprint density at radius 2 is 1.77 bits per heavy atom. The van der Waals surface area contributed by atoms with Gasteiger partial charge in [0.2, 0.25) is 0 Å². The standard InChI is InChI=1S/C18H22N2O6/c1-5-8-18(15(23)24,20-16(25)26-17(2,3)4)10-6-7-11-12(9-10)14(22)19-13(11)21/h6-7,9H,5,8H2,1-4H3,(H,20,25)(H,23,24)(H,19,21,22)/t18-/m0/s1. The fourth-order valence-electron chi connectivity index (χ4n) is 2.85. The van der Waals surface area contributed by atoms with Crippen LogP contribution in [0, 0.1) is 0 Å². The summed E-state index contributed by atoms with van der Waals surface area (Å²) in [4.78, 5) is 48.0. The topological polar surface area (TPSA) is 122 Å². The Kier molecular flexibility index (Phi) is 5.06. The number of fused-ring (bicyclic) bond motifs is 1. The molecule has 8 nitrogen and oxygen atoms in total. The molecule has 1 aromatic rings. The van der Waals surface area contributed by atoms with Crippen LogP contribution in [0.4, 0.5) is 4.79 Å². The minimum atomic E-state index is -1.78. The van der Waals surface area contributed by atoms with Crippen LogP contribution in [0.25, 0.3) is 0 Å². The van der Waals surface area contributed by atoms with Gasteiger partial charge >= 0.3 is 12.1 Å². The van der Waals surface area contributed by atoms with Crippen molar-refractivity contribution in [1.29, 1.82) is 0 Å². The molecule has 1 aromatic carbocycles. The first kappa shape index (κ1) is 19.4. The van der Waals surface area contributed by atoms with Crippen LogP contribution in [-0.4, -0.2) is 34.6 Å². The Bertz CT molecular complexity index is 780. The molecule has 1 aliphatic heterocycles. The number of alkyl carbamates (subject to hydrolysis) is 1. The molecular weight excluding hydrogens is 340 g/mol. The zero-order valence-electron chi connectivity index (χ0n) is 15.1. The highest BCUT2D eigenvalue weighted by molar-refractivity contribution is 6.21. The Morgan fingerprint density at radius 3 is 2.31 bits per heavy atom. The lowest BCUT2D eigenvalue weighted by atomic mass is 9.84. The number of imide groups is 1. The molecule has 3 N–H and O–H groups in total. The Morgan fingerprint density at radius 1 is 1.15 bits per heavy atom. The summed E-state index contributed by atoms with van der Waals surface area (Å²) in [7, 11) is 0. The molecule has 140 valence electrons. The van der Waals surface area contributed by atoms with Gasteiger partial charge in [-0.05, 0) is 44.9 Å². The zero-order valence-corrected chi connectivity index (χ0v) is 15.1. The van der Waals surface area contributed by atoms with Gasteiger partial charge in [0.1, 0.15) is 5.60 Å². The first-order valence-electron chi connectivity index (χ1n) is 8.25. The summed E-state index contributed by atoms with van der Waals surface area (Å²) in [6.45, 7) is 6.78. The number of amides is 3. The van der Waals surface area contributed by atoms with Crippen molar-refractivity contribution in [2.45, 2.75) is 51.7 Å². The summed E-state index contributed by atoms with van der Waals surface area (Å²) in [6, 6.07) is 4.14. The summed E-state index contributed by atoms with van der Waals surface area (Å²) in [5, 5.41) is 14.5. The van der Waals surface area contributed by atoms with Gasteiger partial charge in [-0.15, -0.1) is 0 Å². The molecule has 26 heavy (non-hydrogen) atoms. The molecule has 0 fully saturated rings. The fraction of sp³-hybridized carbons (Fsp3) is 0.444. The Balaban J connectivity index is 2.50. The minimum Gasteiger partial charge on any atom is -0.479 e. The van der Waals surface area contributed by atoms with Crippen molar-refractivity contribution in [1.82, 2.24) is 10.6 Å². The molecule has 0 saturated carbocycles. The Labute approximate surface area is 150 Å². The summed E-state index contributed by atoms with van der Waals surface area (Å²) in [5.41, 5.74) is -2.13. The maximum absolute atomic E-state index is 12.2. The predicted octanol–water partition coefficient (Wildman–Crippen LogP) is 2.17. The molecule has 0 unspecified atom stereocenters. The number of carbonyl (C=O) groups excluding carboxylic acids is 3. The molecule has 3 amide bonds. The van der Waals surface area contributed by atoms with Gasteiger partial charge in [-0.25, -0.2) is 9.59 Å². The van der Waals surface area contributed by atoms with E-state index in [1.165, 1.54) is 18.2 Å². The van der Waals surface area contributed by atoms with Gasteiger partial charge in [0.25, 0.3) is 11.8 Å². The maximum Gasteiger partial charge on any atom is 0.408 e. The largest absolute Gasteiger partial charge is 0.479 e. The van der Waals surface area contributed by atoms with Crippen molar-refractivity contribution >= 4 is 23.9 Å². The SMILES string of the molecule is CCC[C@@](NC(=O)OC(C)(C)C)(C(=O)O)c1ccc2c(c1)C(=O)NC2=O. The summed E-state index contributed by atoms with van der Waals surface area (Å²) in [6.07, 6.45) is -0.352. The lowest BCUT2D eigenvalue weighted by Gasteiger charge is -2.32. The van der Waals surface area contributed by atoms with E-state index in [4.69, 9.17) is 4.74 Å². The number of rotatable bonds is 5. The number of benzene rings is 1. The third kappa shape index (κ3) is 3.68. The molecule has 1 aliphatic rings. The number of nitrogens with one attached hydrogen (secondary N) is 2. The van der Waals surface area contributed by atoms with Crippen molar-refractivity contribution in [2.24, 2.45) is 0 Å². The van der Waals surface area contributed by atoms with Gasteiger partial charge in [0.05, 0.1) is 11.1 Å². The molecule has 0 radical (unpaired) electrons. The summed E-state index contributed by atoms with van der Waals surface area (Å²) < 4.78 is 5.20. The van der Waals surface area contributed by atoms with E-state index in [1.54, 1.807) is 27.7 Å². The van der Waals surface area contributed by atoms with E-state index in [9.17, 15) is 24.3 Å². The van der Waals surface area contributed by atoms with Crippen molar-refractivity contribution in [3.63, 3.8) is 0 Å². The number of carbonyl (C=O) groups is 4. The predicted molar refractivity (Wildman–Crippen MR) is 91.8 cm³/mol. The molecule has 0 saturated heterocycles. The van der Waals surface area contributed by atoms with Gasteiger partial charge in [-0.3, -0.25) is 14.9 Å². The molecular formula is C18H22N2O6. The lowest BCUT2D eigenvalue weighted by molar-refractivity contribution is -0.145. The zero-order chi connectivity index (χ0) is 19.7. The number of ether oxygens (including phenoxy) is 1.